The largest absolute Gasteiger partial charge is 0.433 e. The van der Waals surface area contributed by atoms with Crippen LogP contribution in [0, 0.1) is 5.92 Å². The molecule has 0 bridgehead atoms. The molecule has 2 fully saturated rings. The Bertz CT molecular complexity index is 1440. The van der Waals surface area contributed by atoms with Gasteiger partial charge < -0.3 is 14.6 Å². The lowest BCUT2D eigenvalue weighted by Crippen LogP contribution is -2.32. The molecule has 0 spiro atoms. The Balaban J connectivity index is 1.43. The lowest BCUT2D eigenvalue weighted by atomic mass is 9.72. The highest BCUT2D eigenvalue weighted by atomic mass is 19.4. The van der Waals surface area contributed by atoms with Crippen LogP contribution >= 0.6 is 0 Å². The second kappa shape index (κ2) is 9.77. The summed E-state index contributed by atoms with van der Waals surface area (Å²) < 4.78 is 49.2. The molecule has 11 heteroatoms. The molecule has 1 saturated carbocycles. The van der Waals surface area contributed by atoms with E-state index in [0.29, 0.717) is 41.4 Å². The Morgan fingerprint density at radius 1 is 1.18 bits per heavy atom. The summed E-state index contributed by atoms with van der Waals surface area (Å²) in [6.45, 7) is 2.99. The van der Waals surface area contributed by atoms with E-state index in [1.807, 2.05) is 36.7 Å². The summed E-state index contributed by atoms with van der Waals surface area (Å²) in [5.74, 6) is 1.39. The third-order valence-electron chi connectivity index (χ3n) is 7.86. The number of aromatic nitrogens is 6. The van der Waals surface area contributed by atoms with Crippen LogP contribution in [0.4, 0.5) is 13.2 Å². The zero-order valence-electron chi connectivity index (χ0n) is 21.3. The second-order valence-electron chi connectivity index (χ2n) is 10.4. The summed E-state index contributed by atoms with van der Waals surface area (Å²) in [5.41, 5.74) is 2.14. The van der Waals surface area contributed by atoms with Crippen molar-refractivity contribution >= 4 is 10.9 Å². The fourth-order valence-corrected chi connectivity index (χ4v) is 5.68. The minimum Gasteiger partial charge on any atom is -0.380 e. The average Bonchev–Trinajstić information content (AvgIpc) is 3.61. The number of ether oxygens (including phenoxy) is 1. The van der Waals surface area contributed by atoms with Crippen molar-refractivity contribution in [3.05, 3.63) is 59.4 Å². The van der Waals surface area contributed by atoms with Crippen LogP contribution in [0.3, 0.4) is 0 Å². The molecule has 4 aromatic rings. The van der Waals surface area contributed by atoms with Gasteiger partial charge in [0.25, 0.3) is 0 Å². The number of pyridine rings is 1. The quantitative estimate of drug-likeness (QED) is 0.347. The van der Waals surface area contributed by atoms with Gasteiger partial charge in [-0.25, -0.2) is 4.98 Å². The molecule has 3 aromatic heterocycles. The van der Waals surface area contributed by atoms with Crippen molar-refractivity contribution < 1.29 is 17.9 Å². The number of aromatic amines is 1. The van der Waals surface area contributed by atoms with Gasteiger partial charge >= 0.3 is 6.18 Å². The van der Waals surface area contributed by atoms with Crippen molar-refractivity contribution in [1.29, 1.82) is 0 Å². The van der Waals surface area contributed by atoms with Gasteiger partial charge in [0.05, 0.1) is 17.8 Å². The van der Waals surface area contributed by atoms with E-state index in [9.17, 15) is 13.2 Å². The molecule has 0 amide bonds. The van der Waals surface area contributed by atoms with Gasteiger partial charge in [-0.15, -0.1) is 10.2 Å². The molecule has 6 rings (SSSR count). The van der Waals surface area contributed by atoms with Gasteiger partial charge in [-0.1, -0.05) is 24.6 Å². The number of alkyl halides is 3. The minimum atomic E-state index is -4.59. The van der Waals surface area contributed by atoms with Crippen LogP contribution in [0.2, 0.25) is 0 Å². The van der Waals surface area contributed by atoms with Crippen LogP contribution in [-0.2, 0) is 18.0 Å². The summed E-state index contributed by atoms with van der Waals surface area (Å²) in [6, 6.07) is 8.65. The highest BCUT2D eigenvalue weighted by molar-refractivity contribution is 5.94. The van der Waals surface area contributed by atoms with E-state index < -0.39 is 17.9 Å². The zero-order valence-corrected chi connectivity index (χ0v) is 21.3. The van der Waals surface area contributed by atoms with Crippen molar-refractivity contribution in [1.82, 2.24) is 35.3 Å². The number of aryl methyl sites for hydroxylation is 1. The number of hydrogen-bond donors (Lipinski definition) is 2. The Kier molecular flexibility index (Phi) is 6.43. The van der Waals surface area contributed by atoms with Gasteiger partial charge in [0.15, 0.2) is 0 Å². The first-order chi connectivity index (χ1) is 18.3. The van der Waals surface area contributed by atoms with E-state index in [0.717, 1.165) is 42.3 Å². The van der Waals surface area contributed by atoms with Crippen LogP contribution in [0.1, 0.15) is 67.3 Å². The number of rotatable bonds is 7. The Morgan fingerprint density at radius 3 is 2.68 bits per heavy atom. The first-order valence-electron chi connectivity index (χ1n) is 13.0. The monoisotopic (exact) mass is 525 g/mol. The minimum absolute atomic E-state index is 0.0576. The zero-order chi connectivity index (χ0) is 26.4. The smallest absolute Gasteiger partial charge is 0.380 e. The number of hydrogen-bond acceptors (Lipinski definition) is 6. The Labute approximate surface area is 218 Å². The Morgan fingerprint density at radius 2 is 2.03 bits per heavy atom. The van der Waals surface area contributed by atoms with Crippen LogP contribution in [0.15, 0.2) is 36.7 Å². The second-order valence-corrected chi connectivity index (χ2v) is 10.4. The van der Waals surface area contributed by atoms with Crippen molar-refractivity contribution in [2.75, 3.05) is 13.2 Å². The molecule has 38 heavy (non-hydrogen) atoms. The van der Waals surface area contributed by atoms with Gasteiger partial charge in [0.2, 0.25) is 0 Å². The van der Waals surface area contributed by atoms with E-state index in [-0.39, 0.29) is 12.0 Å². The summed E-state index contributed by atoms with van der Waals surface area (Å²) in [5, 5.41) is 19.7. The number of H-pyrrole nitrogens is 1. The van der Waals surface area contributed by atoms with Crippen molar-refractivity contribution in [2.24, 2.45) is 13.0 Å². The van der Waals surface area contributed by atoms with Gasteiger partial charge in [-0.2, -0.15) is 18.3 Å². The molecular formula is C27H30F3N7O. The number of fused-ring (bicyclic) bond motifs is 1. The van der Waals surface area contributed by atoms with Crippen molar-refractivity contribution in [3.8, 4) is 11.3 Å². The molecule has 1 aliphatic heterocycles. The van der Waals surface area contributed by atoms with E-state index in [1.165, 1.54) is 6.42 Å². The van der Waals surface area contributed by atoms with Crippen molar-refractivity contribution in [3.63, 3.8) is 0 Å². The summed E-state index contributed by atoms with van der Waals surface area (Å²) in [6.07, 6.45) is 1.31. The fraction of sp³-hybridized carbons (Fsp3) is 0.481. The Hall–Kier alpha value is -3.31. The molecule has 0 unspecified atom stereocenters. The van der Waals surface area contributed by atoms with E-state index in [2.05, 4.69) is 36.8 Å². The third kappa shape index (κ3) is 4.58. The molecule has 200 valence electrons. The SMILES string of the molecule is C[C@H](N[C@@H]1CCOC1)c1nc(C(F)(F)F)cc2c(-c3cccc([C@H](c4nncn4C)C4CCC4)c3)n[nH]c12. The first kappa shape index (κ1) is 25.0. The standard InChI is InChI=1S/C27H30F3N7O/c1-15(32-19-9-10-38-13-19)23-25-20(12-21(33-23)27(28,29)30)24(34-35-25)18-8-4-7-17(11-18)22(16-5-3-6-16)26-36-31-14-37(26)2/h4,7-8,11-12,14-16,19,22,32H,3,5-6,9-10,13H2,1-2H3,(H,34,35)/t15-,19+,22+/m0/s1. The summed E-state index contributed by atoms with van der Waals surface area (Å²) in [7, 11) is 1.94. The molecule has 8 nitrogen and oxygen atoms in total. The van der Waals surface area contributed by atoms with E-state index in [1.54, 1.807) is 6.33 Å². The van der Waals surface area contributed by atoms with E-state index >= 15 is 0 Å². The van der Waals surface area contributed by atoms with Crippen molar-refractivity contribution in [2.45, 2.75) is 56.8 Å². The lowest BCUT2D eigenvalue weighted by molar-refractivity contribution is -0.141. The molecule has 1 aromatic carbocycles. The molecule has 0 radical (unpaired) electrons. The number of nitrogens with zero attached hydrogens (tertiary/aromatic N) is 5. The predicted molar refractivity (Wildman–Crippen MR) is 135 cm³/mol. The molecule has 1 saturated heterocycles. The molecule has 2 N–H and O–H groups in total. The van der Waals surface area contributed by atoms with Gasteiger partial charge in [0.1, 0.15) is 23.5 Å². The number of benzene rings is 1. The van der Waals surface area contributed by atoms with Crippen LogP contribution in [0.5, 0.6) is 0 Å². The van der Waals surface area contributed by atoms with Crippen LogP contribution in [0.25, 0.3) is 22.2 Å². The maximum Gasteiger partial charge on any atom is 0.433 e. The number of nitrogens with one attached hydrogen (secondary N) is 2. The normalized spacial score (nSPS) is 20.1. The summed E-state index contributed by atoms with van der Waals surface area (Å²) >= 11 is 0. The maximum atomic E-state index is 14.0. The topological polar surface area (TPSA) is 93.5 Å². The lowest BCUT2D eigenvalue weighted by Gasteiger charge is -2.33. The van der Waals surface area contributed by atoms with Gasteiger partial charge in [-0.3, -0.25) is 5.10 Å². The number of halogens is 3. The average molecular weight is 526 g/mol. The predicted octanol–water partition coefficient (Wildman–Crippen LogP) is 5.14. The molecule has 3 atom stereocenters. The molecule has 1 aliphatic carbocycles. The van der Waals surface area contributed by atoms with Crippen LogP contribution < -0.4 is 5.32 Å². The maximum absolute atomic E-state index is 14.0. The fourth-order valence-electron chi connectivity index (χ4n) is 5.68. The summed E-state index contributed by atoms with van der Waals surface area (Å²) in [4.78, 5) is 4.03. The highest BCUT2D eigenvalue weighted by Crippen LogP contribution is 2.44. The third-order valence-corrected chi connectivity index (χ3v) is 7.86. The van der Waals surface area contributed by atoms with E-state index in [4.69, 9.17) is 4.74 Å². The van der Waals surface area contributed by atoms with Gasteiger partial charge in [0, 0.05) is 42.6 Å². The molecule has 2 aliphatic rings. The molecular weight excluding hydrogens is 495 g/mol. The highest BCUT2D eigenvalue weighted by Gasteiger charge is 2.36. The van der Waals surface area contributed by atoms with Gasteiger partial charge in [-0.05, 0) is 49.8 Å². The first-order valence-corrected chi connectivity index (χ1v) is 13.0. The molecule has 4 heterocycles. The van der Waals surface area contributed by atoms with Crippen LogP contribution in [-0.4, -0.2) is 49.2 Å².